The van der Waals surface area contributed by atoms with Crippen molar-refractivity contribution in [1.82, 2.24) is 10.2 Å². The fourth-order valence-electron chi connectivity index (χ4n) is 3.21. The van der Waals surface area contributed by atoms with E-state index < -0.39 is 0 Å². The van der Waals surface area contributed by atoms with E-state index in [1.807, 2.05) is 0 Å². The molecule has 1 fully saturated rings. The highest BCUT2D eigenvalue weighted by Gasteiger charge is 2.20. The monoisotopic (exact) mass is 289 g/mol. The molecule has 0 bridgehead atoms. The minimum atomic E-state index is 0.584. The van der Waals surface area contributed by atoms with Crippen molar-refractivity contribution in [3.8, 4) is 0 Å². The van der Waals surface area contributed by atoms with Gasteiger partial charge in [-0.15, -0.1) is 0 Å². The van der Waals surface area contributed by atoms with Crippen molar-refractivity contribution in [2.75, 3.05) is 38.1 Å². The lowest BCUT2D eigenvalue weighted by Gasteiger charge is -2.30. The van der Waals surface area contributed by atoms with E-state index in [1.165, 1.54) is 42.7 Å². The third-order valence-electron chi connectivity index (χ3n) is 4.45. The zero-order valence-corrected chi connectivity index (χ0v) is 14.2. The standard InChI is InChI=1S/C18H31N3/c1-5-9-19-13-17-7-8-18(12-15(17)2)21-11-6-10-20(4)14-16(21)3/h7-8,12,16,19H,5-6,9-11,13-14H2,1-4H3. The van der Waals surface area contributed by atoms with E-state index in [1.54, 1.807) is 0 Å². The number of rotatable bonds is 5. The predicted octanol–water partition coefficient (Wildman–Crippen LogP) is 3.03. The van der Waals surface area contributed by atoms with E-state index in [0.717, 1.165) is 19.6 Å². The molecule has 1 aromatic carbocycles. The van der Waals surface area contributed by atoms with Crippen molar-refractivity contribution in [1.29, 1.82) is 0 Å². The number of likely N-dealkylation sites (N-methyl/N-ethyl adjacent to an activating group) is 1. The Morgan fingerprint density at radius 3 is 2.81 bits per heavy atom. The lowest BCUT2D eigenvalue weighted by Crippen LogP contribution is -2.38. The summed E-state index contributed by atoms with van der Waals surface area (Å²) >= 11 is 0. The number of aryl methyl sites for hydroxylation is 1. The van der Waals surface area contributed by atoms with E-state index >= 15 is 0 Å². The molecular formula is C18H31N3. The number of hydrogen-bond acceptors (Lipinski definition) is 3. The fraction of sp³-hybridized carbons (Fsp3) is 0.667. The van der Waals surface area contributed by atoms with Crippen molar-refractivity contribution in [2.24, 2.45) is 0 Å². The number of nitrogens with zero attached hydrogens (tertiary/aromatic N) is 2. The highest BCUT2D eigenvalue weighted by molar-refractivity contribution is 5.51. The molecule has 2 rings (SSSR count). The first-order valence-corrected chi connectivity index (χ1v) is 8.37. The third kappa shape index (κ3) is 4.45. The van der Waals surface area contributed by atoms with E-state index in [0.29, 0.717) is 6.04 Å². The largest absolute Gasteiger partial charge is 0.367 e. The van der Waals surface area contributed by atoms with Crippen LogP contribution in [0, 0.1) is 6.92 Å². The minimum absolute atomic E-state index is 0.584. The van der Waals surface area contributed by atoms with Crippen LogP contribution in [-0.2, 0) is 6.54 Å². The molecule has 1 aliphatic rings. The number of anilines is 1. The van der Waals surface area contributed by atoms with Crippen molar-refractivity contribution in [2.45, 2.75) is 46.2 Å². The lowest BCUT2D eigenvalue weighted by molar-refractivity contribution is 0.337. The quantitative estimate of drug-likeness (QED) is 0.841. The lowest BCUT2D eigenvalue weighted by atomic mass is 10.1. The van der Waals surface area contributed by atoms with Crippen molar-refractivity contribution in [3.63, 3.8) is 0 Å². The molecule has 3 heteroatoms. The van der Waals surface area contributed by atoms with Crippen LogP contribution in [0.3, 0.4) is 0 Å². The molecule has 0 aliphatic carbocycles. The van der Waals surface area contributed by atoms with Gasteiger partial charge in [-0.1, -0.05) is 13.0 Å². The zero-order chi connectivity index (χ0) is 15.2. The second kappa shape index (κ2) is 7.81. The zero-order valence-electron chi connectivity index (χ0n) is 14.2. The Hall–Kier alpha value is -1.06. The van der Waals surface area contributed by atoms with Gasteiger partial charge >= 0.3 is 0 Å². The average molecular weight is 289 g/mol. The van der Waals surface area contributed by atoms with Gasteiger partial charge in [-0.25, -0.2) is 0 Å². The summed E-state index contributed by atoms with van der Waals surface area (Å²) in [6.45, 7) is 12.4. The Kier molecular flexibility index (Phi) is 6.07. The summed E-state index contributed by atoms with van der Waals surface area (Å²) < 4.78 is 0. The second-order valence-electron chi connectivity index (χ2n) is 6.45. The molecule has 1 aromatic rings. The van der Waals surface area contributed by atoms with Gasteiger partial charge in [0.2, 0.25) is 0 Å². The topological polar surface area (TPSA) is 18.5 Å². The van der Waals surface area contributed by atoms with Gasteiger partial charge < -0.3 is 15.1 Å². The third-order valence-corrected chi connectivity index (χ3v) is 4.45. The molecule has 0 amide bonds. The molecular weight excluding hydrogens is 258 g/mol. The van der Waals surface area contributed by atoms with Gasteiger partial charge in [0.1, 0.15) is 0 Å². The minimum Gasteiger partial charge on any atom is -0.367 e. The first-order valence-electron chi connectivity index (χ1n) is 8.37. The smallest absolute Gasteiger partial charge is 0.0388 e. The molecule has 3 nitrogen and oxygen atoms in total. The van der Waals surface area contributed by atoms with Crippen LogP contribution in [0.15, 0.2) is 18.2 Å². The maximum absolute atomic E-state index is 3.50. The van der Waals surface area contributed by atoms with Gasteiger partial charge in [0, 0.05) is 31.4 Å². The Balaban J connectivity index is 2.07. The van der Waals surface area contributed by atoms with Crippen LogP contribution in [0.5, 0.6) is 0 Å². The SMILES string of the molecule is CCCNCc1ccc(N2CCCN(C)CC2C)cc1C. The summed E-state index contributed by atoms with van der Waals surface area (Å²) in [5, 5.41) is 3.50. The Morgan fingerprint density at radius 1 is 1.29 bits per heavy atom. The Morgan fingerprint density at radius 2 is 2.10 bits per heavy atom. The van der Waals surface area contributed by atoms with Crippen molar-refractivity contribution < 1.29 is 0 Å². The van der Waals surface area contributed by atoms with Gasteiger partial charge in [0.05, 0.1) is 0 Å². The van der Waals surface area contributed by atoms with Crippen molar-refractivity contribution in [3.05, 3.63) is 29.3 Å². The second-order valence-corrected chi connectivity index (χ2v) is 6.45. The van der Waals surface area contributed by atoms with Crippen LogP contribution in [-0.4, -0.2) is 44.2 Å². The Labute approximate surface area is 130 Å². The highest BCUT2D eigenvalue weighted by Crippen LogP contribution is 2.23. The molecule has 1 aliphatic heterocycles. The van der Waals surface area contributed by atoms with E-state index in [-0.39, 0.29) is 0 Å². The molecule has 1 saturated heterocycles. The van der Waals surface area contributed by atoms with Crippen LogP contribution in [0.25, 0.3) is 0 Å². The maximum Gasteiger partial charge on any atom is 0.0388 e. The van der Waals surface area contributed by atoms with E-state index in [2.05, 4.69) is 61.1 Å². The first-order chi connectivity index (χ1) is 10.1. The number of hydrogen-bond donors (Lipinski definition) is 1. The maximum atomic E-state index is 3.50. The van der Waals surface area contributed by atoms with E-state index in [9.17, 15) is 0 Å². The molecule has 21 heavy (non-hydrogen) atoms. The molecule has 1 N–H and O–H groups in total. The molecule has 0 spiro atoms. The predicted molar refractivity (Wildman–Crippen MR) is 92.1 cm³/mol. The van der Waals surface area contributed by atoms with Gasteiger partial charge in [0.15, 0.2) is 0 Å². The Bertz CT molecular complexity index is 444. The molecule has 1 heterocycles. The summed E-state index contributed by atoms with van der Waals surface area (Å²) in [6.07, 6.45) is 2.44. The fourth-order valence-corrected chi connectivity index (χ4v) is 3.21. The highest BCUT2D eigenvalue weighted by atomic mass is 15.2. The summed E-state index contributed by atoms with van der Waals surface area (Å²) in [6, 6.07) is 7.55. The van der Waals surface area contributed by atoms with E-state index in [4.69, 9.17) is 0 Å². The summed E-state index contributed by atoms with van der Waals surface area (Å²) in [7, 11) is 2.23. The molecule has 1 unspecified atom stereocenters. The molecule has 1 atom stereocenters. The van der Waals surface area contributed by atoms with Gasteiger partial charge in [-0.05, 0) is 70.1 Å². The van der Waals surface area contributed by atoms with Crippen LogP contribution in [0.4, 0.5) is 5.69 Å². The van der Waals surface area contributed by atoms with Crippen LogP contribution in [0.1, 0.15) is 37.8 Å². The molecule has 118 valence electrons. The molecule has 0 radical (unpaired) electrons. The van der Waals surface area contributed by atoms with Crippen LogP contribution < -0.4 is 10.2 Å². The van der Waals surface area contributed by atoms with Gasteiger partial charge in [0.25, 0.3) is 0 Å². The normalized spacial score (nSPS) is 20.6. The average Bonchev–Trinajstić information content (AvgIpc) is 2.61. The molecule has 0 aromatic heterocycles. The summed E-state index contributed by atoms with van der Waals surface area (Å²) in [5.74, 6) is 0. The van der Waals surface area contributed by atoms with Crippen LogP contribution >= 0.6 is 0 Å². The van der Waals surface area contributed by atoms with Gasteiger partial charge in [-0.3, -0.25) is 0 Å². The number of nitrogens with one attached hydrogen (secondary N) is 1. The van der Waals surface area contributed by atoms with Crippen LogP contribution in [0.2, 0.25) is 0 Å². The summed E-state index contributed by atoms with van der Waals surface area (Å²) in [4.78, 5) is 5.01. The molecule has 0 saturated carbocycles. The van der Waals surface area contributed by atoms with Crippen molar-refractivity contribution >= 4 is 5.69 Å². The van der Waals surface area contributed by atoms with Gasteiger partial charge in [-0.2, -0.15) is 0 Å². The number of benzene rings is 1. The summed E-state index contributed by atoms with van der Waals surface area (Å²) in [5.41, 5.74) is 4.21. The first kappa shape index (κ1) is 16.3.